The van der Waals surface area contributed by atoms with Gasteiger partial charge in [0.25, 0.3) is 5.91 Å². The number of anilines is 1. The minimum Gasteiger partial charge on any atom is -0.478 e. The van der Waals surface area contributed by atoms with Crippen LogP contribution < -0.4 is 5.32 Å². The van der Waals surface area contributed by atoms with Crippen LogP contribution in [-0.4, -0.2) is 17.0 Å². The van der Waals surface area contributed by atoms with E-state index in [-0.39, 0.29) is 22.4 Å². The monoisotopic (exact) mass is 262 g/mol. The van der Waals surface area contributed by atoms with Crippen LogP contribution in [0.5, 0.6) is 0 Å². The molecule has 0 bridgehead atoms. The average Bonchev–Trinajstić information content (AvgIpc) is 2.37. The van der Waals surface area contributed by atoms with Gasteiger partial charge in [-0.1, -0.05) is 6.07 Å². The van der Waals surface area contributed by atoms with Crippen LogP contribution in [-0.2, 0) is 9.59 Å². The van der Waals surface area contributed by atoms with Crippen LogP contribution in [0.25, 0.3) is 0 Å². The number of nitriles is 1. The van der Waals surface area contributed by atoms with Crippen LogP contribution in [0, 0.1) is 17.1 Å². The fourth-order valence-electron chi connectivity index (χ4n) is 1.29. The number of amides is 1. The second-order valence-electron chi connectivity index (χ2n) is 3.78. The van der Waals surface area contributed by atoms with Crippen molar-refractivity contribution in [3.8, 4) is 6.07 Å². The van der Waals surface area contributed by atoms with Gasteiger partial charge in [-0.2, -0.15) is 5.26 Å². The lowest BCUT2D eigenvalue weighted by Crippen LogP contribution is -2.17. The summed E-state index contributed by atoms with van der Waals surface area (Å²) >= 11 is 0. The maximum Gasteiger partial charge on any atom is 0.331 e. The number of nitrogens with zero attached hydrogens (tertiary/aromatic N) is 1. The molecular weight excluding hydrogens is 251 g/mol. The third kappa shape index (κ3) is 3.16. The summed E-state index contributed by atoms with van der Waals surface area (Å²) in [5.41, 5.74) is -0.422. The number of carboxylic acid groups (broad SMARTS) is 1. The average molecular weight is 262 g/mol. The summed E-state index contributed by atoms with van der Waals surface area (Å²) in [6.45, 7) is 2.62. The molecule has 5 nitrogen and oxygen atoms in total. The van der Waals surface area contributed by atoms with Crippen molar-refractivity contribution in [2.75, 3.05) is 5.32 Å². The molecule has 0 saturated carbocycles. The van der Waals surface area contributed by atoms with Gasteiger partial charge < -0.3 is 10.4 Å². The van der Waals surface area contributed by atoms with E-state index in [1.165, 1.54) is 26.0 Å². The smallest absolute Gasteiger partial charge is 0.331 e. The predicted molar refractivity (Wildman–Crippen MR) is 65.8 cm³/mol. The van der Waals surface area contributed by atoms with Crippen LogP contribution in [0.4, 0.5) is 10.1 Å². The first-order chi connectivity index (χ1) is 8.88. The molecule has 1 amide bonds. The summed E-state index contributed by atoms with van der Waals surface area (Å²) in [7, 11) is 0. The summed E-state index contributed by atoms with van der Waals surface area (Å²) in [5, 5.41) is 19.9. The van der Waals surface area contributed by atoms with Gasteiger partial charge >= 0.3 is 5.97 Å². The topological polar surface area (TPSA) is 90.2 Å². The number of rotatable bonds is 3. The Balaban J connectivity index is 3.09. The highest BCUT2D eigenvalue weighted by atomic mass is 19.1. The Morgan fingerprint density at radius 1 is 1.32 bits per heavy atom. The lowest BCUT2D eigenvalue weighted by Gasteiger charge is -2.08. The number of nitrogens with one attached hydrogen (secondary N) is 1. The molecule has 0 aliphatic heterocycles. The van der Waals surface area contributed by atoms with Crippen molar-refractivity contribution in [2.45, 2.75) is 13.8 Å². The highest BCUT2D eigenvalue weighted by Crippen LogP contribution is 2.19. The van der Waals surface area contributed by atoms with Gasteiger partial charge in [-0.25, -0.2) is 9.18 Å². The fourth-order valence-corrected chi connectivity index (χ4v) is 1.29. The molecule has 0 aliphatic rings. The molecule has 0 atom stereocenters. The van der Waals surface area contributed by atoms with E-state index < -0.39 is 17.7 Å². The second-order valence-corrected chi connectivity index (χ2v) is 3.78. The number of carboxylic acids is 1. The van der Waals surface area contributed by atoms with Crippen LogP contribution >= 0.6 is 0 Å². The first kappa shape index (κ1) is 14.4. The van der Waals surface area contributed by atoms with E-state index in [0.29, 0.717) is 0 Å². The Morgan fingerprint density at radius 2 is 1.95 bits per heavy atom. The van der Waals surface area contributed by atoms with Crippen LogP contribution in [0.15, 0.2) is 29.3 Å². The van der Waals surface area contributed by atoms with E-state index in [9.17, 15) is 14.0 Å². The van der Waals surface area contributed by atoms with Crippen molar-refractivity contribution in [3.63, 3.8) is 0 Å². The molecule has 6 heteroatoms. The van der Waals surface area contributed by atoms with Gasteiger partial charge in [0.15, 0.2) is 0 Å². The largest absolute Gasteiger partial charge is 0.478 e. The third-order valence-corrected chi connectivity index (χ3v) is 2.60. The number of aliphatic carboxylic acids is 1. The third-order valence-electron chi connectivity index (χ3n) is 2.60. The van der Waals surface area contributed by atoms with Gasteiger partial charge in [0, 0.05) is 11.1 Å². The molecule has 19 heavy (non-hydrogen) atoms. The second kappa shape index (κ2) is 5.78. The first-order valence-electron chi connectivity index (χ1n) is 5.29. The quantitative estimate of drug-likeness (QED) is 0.816. The zero-order chi connectivity index (χ0) is 14.6. The van der Waals surface area contributed by atoms with Crippen molar-refractivity contribution >= 4 is 17.6 Å². The Labute approximate surface area is 109 Å². The lowest BCUT2D eigenvalue weighted by molar-refractivity contribution is -0.133. The zero-order valence-corrected chi connectivity index (χ0v) is 10.3. The summed E-state index contributed by atoms with van der Waals surface area (Å²) in [4.78, 5) is 22.5. The van der Waals surface area contributed by atoms with Crippen molar-refractivity contribution in [1.82, 2.24) is 0 Å². The van der Waals surface area contributed by atoms with Crippen molar-refractivity contribution < 1.29 is 19.1 Å². The molecule has 0 saturated heterocycles. The Morgan fingerprint density at radius 3 is 2.47 bits per heavy atom. The molecule has 0 aliphatic carbocycles. The molecule has 0 radical (unpaired) electrons. The van der Waals surface area contributed by atoms with E-state index in [1.807, 2.05) is 0 Å². The predicted octanol–water partition coefficient (Wildman–Crippen LogP) is 2.06. The summed E-state index contributed by atoms with van der Waals surface area (Å²) in [5.74, 6) is -2.66. The lowest BCUT2D eigenvalue weighted by atomic mass is 10.1. The maximum absolute atomic E-state index is 13.3. The van der Waals surface area contributed by atoms with Gasteiger partial charge in [-0.05, 0) is 26.0 Å². The summed E-state index contributed by atoms with van der Waals surface area (Å²) in [6.07, 6.45) is 0. The summed E-state index contributed by atoms with van der Waals surface area (Å²) in [6, 6.07) is 5.44. The van der Waals surface area contributed by atoms with E-state index in [1.54, 1.807) is 6.07 Å². The first-order valence-corrected chi connectivity index (χ1v) is 5.29. The van der Waals surface area contributed by atoms with Crippen LogP contribution in [0.3, 0.4) is 0 Å². The molecule has 0 aromatic heterocycles. The van der Waals surface area contributed by atoms with Crippen LogP contribution in [0.2, 0.25) is 0 Å². The highest BCUT2D eigenvalue weighted by Gasteiger charge is 2.15. The molecule has 1 aromatic rings. The molecule has 1 aromatic carbocycles. The van der Waals surface area contributed by atoms with E-state index >= 15 is 0 Å². The molecule has 0 heterocycles. The van der Waals surface area contributed by atoms with Crippen molar-refractivity contribution in [1.29, 1.82) is 5.26 Å². The molecular formula is C13H11FN2O3. The zero-order valence-electron chi connectivity index (χ0n) is 10.3. The number of carbonyl (C=O) groups excluding carboxylic acids is 1. The van der Waals surface area contributed by atoms with E-state index in [4.69, 9.17) is 10.4 Å². The normalized spacial score (nSPS) is 11.3. The van der Waals surface area contributed by atoms with Gasteiger partial charge in [0.1, 0.15) is 17.4 Å². The molecule has 2 N–H and O–H groups in total. The standard InChI is InChI=1S/C13H11FN2O3/c1-7(8(2)13(18)19)12(17)16-11-5-3-4-10(14)9(11)6-15/h3-5H,1-2H3,(H,16,17)(H,18,19)/b8-7-. The number of hydrogen-bond acceptors (Lipinski definition) is 3. The molecule has 0 unspecified atom stereocenters. The fraction of sp³-hybridized carbons (Fsp3) is 0.154. The minimum atomic E-state index is -1.22. The van der Waals surface area contributed by atoms with Gasteiger partial charge in [-0.15, -0.1) is 0 Å². The maximum atomic E-state index is 13.3. The minimum absolute atomic E-state index is 0.00467. The SMILES string of the molecule is C/C(C(=O)O)=C(\C)C(=O)Nc1cccc(F)c1C#N. The molecule has 0 fully saturated rings. The molecule has 0 spiro atoms. The van der Waals surface area contributed by atoms with Gasteiger partial charge in [0.2, 0.25) is 0 Å². The number of hydrogen-bond donors (Lipinski definition) is 2. The van der Waals surface area contributed by atoms with E-state index in [0.717, 1.165) is 6.07 Å². The van der Waals surface area contributed by atoms with Crippen LogP contribution in [0.1, 0.15) is 19.4 Å². The van der Waals surface area contributed by atoms with Gasteiger partial charge in [-0.3, -0.25) is 4.79 Å². The Hall–Kier alpha value is -2.68. The number of halogens is 1. The molecule has 98 valence electrons. The number of carbonyl (C=O) groups is 2. The number of benzene rings is 1. The van der Waals surface area contributed by atoms with Crippen molar-refractivity contribution in [3.05, 3.63) is 40.7 Å². The summed E-state index contributed by atoms with van der Waals surface area (Å²) < 4.78 is 13.3. The Kier molecular flexibility index (Phi) is 4.37. The highest BCUT2D eigenvalue weighted by molar-refractivity contribution is 6.08. The van der Waals surface area contributed by atoms with Gasteiger partial charge in [0.05, 0.1) is 5.69 Å². The van der Waals surface area contributed by atoms with E-state index in [2.05, 4.69) is 5.32 Å². The Bertz CT molecular complexity index is 615. The molecule has 1 rings (SSSR count). The van der Waals surface area contributed by atoms with Crippen molar-refractivity contribution in [2.24, 2.45) is 0 Å².